The molecule has 1 atom stereocenters. The Morgan fingerprint density at radius 2 is 1.61 bits per heavy atom. The van der Waals surface area contributed by atoms with Gasteiger partial charge >= 0.3 is 6.09 Å². The number of benzene rings is 2. The highest BCUT2D eigenvalue weighted by atomic mass is 16.4. The van der Waals surface area contributed by atoms with Crippen LogP contribution in [0.4, 0.5) is 10.5 Å². The molecule has 2 aromatic carbocycles. The van der Waals surface area contributed by atoms with Crippen LogP contribution in [0.15, 0.2) is 96.7 Å². The molecule has 2 aromatic rings. The first-order chi connectivity index (χ1) is 11.2. The maximum Gasteiger partial charge on any atom is 0.416 e. The Morgan fingerprint density at radius 3 is 2.22 bits per heavy atom. The molecule has 0 aromatic heterocycles. The van der Waals surface area contributed by atoms with E-state index < -0.39 is 6.09 Å². The van der Waals surface area contributed by atoms with Gasteiger partial charge in [0.2, 0.25) is 0 Å². The third kappa shape index (κ3) is 2.94. The fourth-order valence-corrected chi connectivity index (χ4v) is 2.83. The number of hydrogen-bond acceptors (Lipinski definition) is 1. The molecule has 0 saturated heterocycles. The number of carbonyl (C=O) groups is 1. The molecule has 3 rings (SSSR count). The lowest BCUT2D eigenvalue weighted by atomic mass is 9.85. The summed E-state index contributed by atoms with van der Waals surface area (Å²) in [5.41, 5.74) is 3.20. The van der Waals surface area contributed by atoms with Crippen molar-refractivity contribution >= 4 is 11.8 Å². The number of nitrogens with zero attached hydrogens (tertiary/aromatic N) is 1. The topological polar surface area (TPSA) is 40.5 Å². The van der Waals surface area contributed by atoms with Gasteiger partial charge in [0.25, 0.3) is 0 Å². The van der Waals surface area contributed by atoms with Crippen molar-refractivity contribution in [1.82, 2.24) is 0 Å². The largest absolute Gasteiger partial charge is 0.464 e. The van der Waals surface area contributed by atoms with E-state index in [0.29, 0.717) is 11.4 Å². The van der Waals surface area contributed by atoms with Crippen molar-refractivity contribution in [3.8, 4) is 0 Å². The molecular weight excluding hydrogens is 286 g/mol. The summed E-state index contributed by atoms with van der Waals surface area (Å²) in [6.07, 6.45) is 4.60. The summed E-state index contributed by atoms with van der Waals surface area (Å²) >= 11 is 0. The van der Waals surface area contributed by atoms with Gasteiger partial charge in [0, 0.05) is 11.6 Å². The maximum atomic E-state index is 11.9. The van der Waals surface area contributed by atoms with E-state index in [1.807, 2.05) is 66.8 Å². The normalized spacial score (nSPS) is 16.8. The predicted molar refractivity (Wildman–Crippen MR) is 92.5 cm³/mol. The molecule has 0 heterocycles. The quantitative estimate of drug-likeness (QED) is 0.870. The number of anilines is 1. The Balaban J connectivity index is 2.10. The van der Waals surface area contributed by atoms with E-state index in [0.717, 1.165) is 11.1 Å². The van der Waals surface area contributed by atoms with Crippen LogP contribution in [0.2, 0.25) is 0 Å². The highest BCUT2D eigenvalue weighted by Gasteiger charge is 2.29. The van der Waals surface area contributed by atoms with Gasteiger partial charge in [-0.15, -0.1) is 0 Å². The highest BCUT2D eigenvalue weighted by Crippen LogP contribution is 2.38. The number of amides is 1. The molecule has 3 nitrogen and oxygen atoms in total. The Morgan fingerprint density at radius 1 is 1.00 bits per heavy atom. The van der Waals surface area contributed by atoms with Gasteiger partial charge < -0.3 is 5.11 Å². The van der Waals surface area contributed by atoms with Crippen LogP contribution in [-0.4, -0.2) is 11.2 Å². The summed E-state index contributed by atoms with van der Waals surface area (Å²) in [4.78, 5) is 13.2. The Labute approximate surface area is 135 Å². The number of allylic oxidation sites excluding steroid dienone is 4. The lowest BCUT2D eigenvalue weighted by Gasteiger charge is -2.31. The third-order valence-corrected chi connectivity index (χ3v) is 3.84. The number of para-hydroxylation sites is 1. The summed E-state index contributed by atoms with van der Waals surface area (Å²) in [7, 11) is 0. The molecule has 3 heteroatoms. The van der Waals surface area contributed by atoms with Crippen molar-refractivity contribution in [2.45, 2.75) is 5.92 Å². The first-order valence-electron chi connectivity index (χ1n) is 7.38. The fraction of sp³-hybridized carbons (Fsp3) is 0.0500. The summed E-state index contributed by atoms with van der Waals surface area (Å²) in [6, 6.07) is 18.9. The molecule has 0 aliphatic heterocycles. The second-order valence-corrected chi connectivity index (χ2v) is 5.32. The minimum Gasteiger partial charge on any atom is -0.464 e. The molecule has 1 aliphatic rings. The van der Waals surface area contributed by atoms with Crippen LogP contribution in [0, 0.1) is 0 Å². The minimum absolute atomic E-state index is 0.183. The second kappa shape index (κ2) is 6.36. The summed E-state index contributed by atoms with van der Waals surface area (Å²) in [5.74, 6) is -0.183. The van der Waals surface area contributed by atoms with Crippen molar-refractivity contribution in [3.05, 3.63) is 102 Å². The van der Waals surface area contributed by atoms with Crippen molar-refractivity contribution < 1.29 is 9.90 Å². The molecule has 1 amide bonds. The van der Waals surface area contributed by atoms with Crippen LogP contribution >= 0.6 is 0 Å². The van der Waals surface area contributed by atoms with E-state index in [1.54, 1.807) is 12.1 Å². The van der Waals surface area contributed by atoms with Gasteiger partial charge in [-0.25, -0.2) is 9.69 Å². The van der Waals surface area contributed by atoms with Gasteiger partial charge in [0.15, 0.2) is 0 Å². The van der Waals surface area contributed by atoms with Crippen molar-refractivity contribution in [2.75, 3.05) is 4.90 Å². The standard InChI is InChI=1S/C20H17NO2/c1-15-9-8-14-18(19(15)16-10-4-2-5-11-16)21(20(22)23)17-12-6-3-7-13-17/h2-14,19H,1H2,(H,22,23). The lowest BCUT2D eigenvalue weighted by Crippen LogP contribution is -2.32. The molecule has 0 radical (unpaired) electrons. The molecule has 114 valence electrons. The fourth-order valence-electron chi connectivity index (χ4n) is 2.83. The zero-order valence-electron chi connectivity index (χ0n) is 12.6. The van der Waals surface area contributed by atoms with E-state index in [-0.39, 0.29) is 5.92 Å². The maximum absolute atomic E-state index is 11.9. The lowest BCUT2D eigenvalue weighted by molar-refractivity contribution is 0.203. The molecule has 0 bridgehead atoms. The van der Waals surface area contributed by atoms with Crippen LogP contribution in [0.25, 0.3) is 0 Å². The molecule has 0 spiro atoms. The SMILES string of the molecule is C=C1C=CC=C(N(C(=O)O)c2ccccc2)C1c1ccccc1. The van der Waals surface area contributed by atoms with E-state index in [2.05, 4.69) is 6.58 Å². The van der Waals surface area contributed by atoms with Crippen LogP contribution in [0.5, 0.6) is 0 Å². The van der Waals surface area contributed by atoms with E-state index in [4.69, 9.17) is 0 Å². The smallest absolute Gasteiger partial charge is 0.416 e. The summed E-state index contributed by atoms with van der Waals surface area (Å²) in [6.45, 7) is 4.11. The zero-order chi connectivity index (χ0) is 16.2. The van der Waals surface area contributed by atoms with Crippen molar-refractivity contribution in [2.24, 2.45) is 0 Å². The van der Waals surface area contributed by atoms with Crippen LogP contribution in [0.1, 0.15) is 11.5 Å². The van der Waals surface area contributed by atoms with Gasteiger partial charge in [0.05, 0.1) is 5.69 Å². The Kier molecular flexibility index (Phi) is 4.11. The first-order valence-corrected chi connectivity index (χ1v) is 7.38. The average molecular weight is 303 g/mol. The van der Waals surface area contributed by atoms with E-state index in [9.17, 15) is 9.90 Å². The Hall–Kier alpha value is -3.07. The van der Waals surface area contributed by atoms with E-state index in [1.165, 1.54) is 4.90 Å². The first kappa shape index (κ1) is 14.9. The number of rotatable bonds is 3. The van der Waals surface area contributed by atoms with Gasteiger partial charge in [-0.3, -0.25) is 0 Å². The van der Waals surface area contributed by atoms with Crippen molar-refractivity contribution in [1.29, 1.82) is 0 Å². The molecular formula is C20H17NO2. The van der Waals surface area contributed by atoms with Crippen LogP contribution in [0.3, 0.4) is 0 Å². The van der Waals surface area contributed by atoms with E-state index >= 15 is 0 Å². The molecule has 1 N–H and O–H groups in total. The van der Waals surface area contributed by atoms with Gasteiger partial charge in [-0.2, -0.15) is 0 Å². The summed E-state index contributed by atoms with van der Waals surface area (Å²) in [5, 5.41) is 9.76. The predicted octanol–water partition coefficient (Wildman–Crippen LogP) is 4.96. The zero-order valence-corrected chi connectivity index (χ0v) is 12.6. The van der Waals surface area contributed by atoms with Crippen LogP contribution in [-0.2, 0) is 0 Å². The minimum atomic E-state index is -1.01. The van der Waals surface area contributed by atoms with Gasteiger partial charge in [0.1, 0.15) is 0 Å². The Bertz CT molecular complexity index is 776. The average Bonchev–Trinajstić information content (AvgIpc) is 2.57. The molecule has 23 heavy (non-hydrogen) atoms. The van der Waals surface area contributed by atoms with Gasteiger partial charge in [-0.1, -0.05) is 67.3 Å². The summed E-state index contributed by atoms with van der Waals surface area (Å²) < 4.78 is 0. The molecule has 1 unspecified atom stereocenters. The highest BCUT2D eigenvalue weighted by molar-refractivity contribution is 5.90. The molecule has 1 aliphatic carbocycles. The monoisotopic (exact) mass is 303 g/mol. The van der Waals surface area contributed by atoms with Crippen LogP contribution < -0.4 is 4.90 Å². The third-order valence-electron chi connectivity index (χ3n) is 3.84. The van der Waals surface area contributed by atoms with Crippen molar-refractivity contribution in [3.63, 3.8) is 0 Å². The number of carboxylic acid groups (broad SMARTS) is 1. The molecule has 0 saturated carbocycles. The molecule has 0 fully saturated rings. The number of hydrogen-bond donors (Lipinski definition) is 1. The second-order valence-electron chi connectivity index (χ2n) is 5.32. The van der Waals surface area contributed by atoms with Gasteiger partial charge in [-0.05, 0) is 29.3 Å².